The third-order valence-corrected chi connectivity index (χ3v) is 3.02. The Balaban J connectivity index is 2.65. The van der Waals surface area contributed by atoms with E-state index in [1.165, 1.54) is 0 Å². The van der Waals surface area contributed by atoms with E-state index >= 15 is 0 Å². The highest BCUT2D eigenvalue weighted by atomic mass is 16.5. The third kappa shape index (κ3) is 4.68. The maximum absolute atomic E-state index is 11.7. The molecule has 0 aliphatic carbocycles. The molecule has 1 rings (SSSR count). The van der Waals surface area contributed by atoms with E-state index in [9.17, 15) is 30.3 Å². The van der Waals surface area contributed by atoms with Crippen molar-refractivity contribution >= 4 is 5.97 Å². The summed E-state index contributed by atoms with van der Waals surface area (Å²) in [4.78, 5) is 11.7. The Labute approximate surface area is 130 Å². The number of phenolic OH excluding ortho intramolecular Hbond substituents is 3. The van der Waals surface area contributed by atoms with Crippen LogP contribution in [0.1, 0.15) is 10.4 Å². The van der Waals surface area contributed by atoms with Crippen LogP contribution in [0, 0.1) is 0 Å². The Bertz CT molecular complexity index is 523. The molecule has 4 unspecified atom stereocenters. The van der Waals surface area contributed by atoms with Crippen molar-refractivity contribution in [3.8, 4) is 17.2 Å². The summed E-state index contributed by atoms with van der Waals surface area (Å²) in [6.07, 6.45) is -7.22. The zero-order valence-electron chi connectivity index (χ0n) is 11.8. The minimum Gasteiger partial charge on any atom is -0.504 e. The molecule has 1 aromatic carbocycles. The number of ether oxygens (including phenoxy) is 1. The lowest BCUT2D eigenvalue weighted by atomic mass is 10.0. The normalized spacial score (nSPS) is 16.4. The fraction of sp³-hybridized carbons (Fsp3) is 0.462. The number of hydrogen-bond donors (Lipinski definition) is 8. The minimum absolute atomic E-state index is 0.338. The van der Waals surface area contributed by atoms with Crippen LogP contribution in [0.2, 0.25) is 0 Å². The second-order valence-electron chi connectivity index (χ2n) is 4.76. The minimum atomic E-state index is -1.90. The molecule has 0 bridgehead atoms. The van der Waals surface area contributed by atoms with E-state index in [2.05, 4.69) is 4.74 Å². The molecule has 0 aliphatic rings. The highest BCUT2D eigenvalue weighted by Gasteiger charge is 2.31. The lowest BCUT2D eigenvalue weighted by molar-refractivity contribution is -0.124. The number of aromatic hydroxyl groups is 3. The van der Waals surface area contributed by atoms with Crippen molar-refractivity contribution in [1.29, 1.82) is 0 Å². The zero-order valence-corrected chi connectivity index (χ0v) is 11.8. The van der Waals surface area contributed by atoms with E-state index in [0.29, 0.717) is 0 Å². The maximum atomic E-state index is 11.7. The molecule has 0 amide bonds. The Kier molecular flexibility index (Phi) is 6.54. The van der Waals surface area contributed by atoms with Crippen LogP contribution in [-0.2, 0) is 4.74 Å². The molecular weight excluding hydrogens is 316 g/mol. The van der Waals surface area contributed by atoms with Crippen LogP contribution in [0.3, 0.4) is 0 Å². The van der Waals surface area contributed by atoms with Crippen LogP contribution < -0.4 is 0 Å². The molecule has 10 nitrogen and oxygen atoms in total. The van der Waals surface area contributed by atoms with Gasteiger partial charge in [-0.1, -0.05) is 0 Å². The lowest BCUT2D eigenvalue weighted by Crippen LogP contribution is -2.47. The van der Waals surface area contributed by atoms with Gasteiger partial charge in [0.2, 0.25) is 0 Å². The third-order valence-electron chi connectivity index (χ3n) is 3.02. The number of rotatable bonds is 7. The van der Waals surface area contributed by atoms with Gasteiger partial charge in [0, 0.05) is 0 Å². The Morgan fingerprint density at radius 3 is 1.91 bits per heavy atom. The molecule has 0 aliphatic heterocycles. The van der Waals surface area contributed by atoms with Crippen LogP contribution in [0.15, 0.2) is 12.1 Å². The van der Waals surface area contributed by atoms with Crippen LogP contribution in [-0.4, -0.2) is 84.5 Å². The van der Waals surface area contributed by atoms with Crippen molar-refractivity contribution < 1.29 is 50.4 Å². The van der Waals surface area contributed by atoms with E-state index in [4.69, 9.17) is 15.3 Å². The lowest BCUT2D eigenvalue weighted by Gasteiger charge is -2.25. The van der Waals surface area contributed by atoms with Crippen molar-refractivity contribution in [3.63, 3.8) is 0 Å². The number of aliphatic hydroxyl groups is 5. The largest absolute Gasteiger partial charge is 0.504 e. The number of hydrogen-bond acceptors (Lipinski definition) is 10. The van der Waals surface area contributed by atoms with E-state index in [1.54, 1.807) is 0 Å². The maximum Gasteiger partial charge on any atom is 0.338 e. The molecule has 130 valence electrons. The van der Waals surface area contributed by atoms with Crippen molar-refractivity contribution in [1.82, 2.24) is 0 Å². The molecule has 1 aromatic rings. The summed E-state index contributed by atoms with van der Waals surface area (Å²) in [7, 11) is 0. The van der Waals surface area contributed by atoms with Crippen LogP contribution in [0.5, 0.6) is 17.2 Å². The molecule has 0 aromatic heterocycles. The standard InChI is InChI=1S/C13H18O10/c14-3-8(17)11(20)12(21)9(18)4-23-13(22)5-1-6(15)10(19)7(16)2-5/h1-2,8-9,11-12,14-21H,3-4H2. The summed E-state index contributed by atoms with van der Waals surface area (Å²) in [5.41, 5.74) is -0.338. The van der Waals surface area contributed by atoms with Gasteiger partial charge in [-0.2, -0.15) is 0 Å². The van der Waals surface area contributed by atoms with Gasteiger partial charge in [-0.05, 0) is 12.1 Å². The van der Waals surface area contributed by atoms with Gasteiger partial charge in [-0.15, -0.1) is 0 Å². The van der Waals surface area contributed by atoms with Crippen LogP contribution in [0.4, 0.5) is 0 Å². The Morgan fingerprint density at radius 1 is 0.957 bits per heavy atom. The average molecular weight is 334 g/mol. The Morgan fingerprint density at radius 2 is 1.43 bits per heavy atom. The molecule has 0 fully saturated rings. The van der Waals surface area contributed by atoms with Crippen LogP contribution in [0.25, 0.3) is 0 Å². The SMILES string of the molecule is O=C(OCC(O)C(O)C(O)C(O)CO)c1cc(O)c(O)c(O)c1. The van der Waals surface area contributed by atoms with Gasteiger partial charge in [-0.3, -0.25) is 0 Å². The van der Waals surface area contributed by atoms with Gasteiger partial charge in [0.1, 0.15) is 31.0 Å². The quantitative estimate of drug-likeness (QED) is 0.194. The average Bonchev–Trinajstić information content (AvgIpc) is 2.54. The van der Waals surface area contributed by atoms with E-state index in [0.717, 1.165) is 12.1 Å². The molecule has 0 radical (unpaired) electrons. The van der Waals surface area contributed by atoms with Gasteiger partial charge >= 0.3 is 5.97 Å². The second-order valence-corrected chi connectivity index (χ2v) is 4.76. The van der Waals surface area contributed by atoms with Gasteiger partial charge in [0.15, 0.2) is 17.2 Å². The first kappa shape index (κ1) is 18.9. The van der Waals surface area contributed by atoms with Crippen molar-refractivity contribution in [2.75, 3.05) is 13.2 Å². The number of carbonyl (C=O) groups is 1. The molecule has 8 N–H and O–H groups in total. The number of phenols is 3. The Hall–Kier alpha value is -2.11. The van der Waals surface area contributed by atoms with Gasteiger partial charge in [0.25, 0.3) is 0 Å². The summed E-state index contributed by atoms with van der Waals surface area (Å²) in [6.45, 7) is -1.63. The van der Waals surface area contributed by atoms with Crippen molar-refractivity contribution in [3.05, 3.63) is 17.7 Å². The first-order chi connectivity index (χ1) is 10.7. The van der Waals surface area contributed by atoms with Gasteiger partial charge in [-0.25, -0.2) is 4.79 Å². The van der Waals surface area contributed by atoms with E-state index < -0.39 is 60.8 Å². The first-order valence-corrected chi connectivity index (χ1v) is 6.44. The number of benzene rings is 1. The van der Waals surface area contributed by atoms with Crippen molar-refractivity contribution in [2.45, 2.75) is 24.4 Å². The van der Waals surface area contributed by atoms with Crippen LogP contribution >= 0.6 is 0 Å². The molecule has 10 heteroatoms. The molecule has 0 heterocycles. The highest BCUT2D eigenvalue weighted by Crippen LogP contribution is 2.35. The summed E-state index contributed by atoms with van der Waals surface area (Å²) in [5, 5.41) is 73.9. The van der Waals surface area contributed by atoms with Gasteiger partial charge in [0.05, 0.1) is 12.2 Å². The molecule has 0 saturated heterocycles. The van der Waals surface area contributed by atoms with Crippen molar-refractivity contribution in [2.24, 2.45) is 0 Å². The highest BCUT2D eigenvalue weighted by molar-refractivity contribution is 5.91. The second kappa shape index (κ2) is 7.94. The molecular formula is C13H18O10. The topological polar surface area (TPSA) is 188 Å². The molecule has 4 atom stereocenters. The van der Waals surface area contributed by atoms with E-state index in [-0.39, 0.29) is 5.56 Å². The van der Waals surface area contributed by atoms with Gasteiger partial charge < -0.3 is 45.6 Å². The summed E-state index contributed by atoms with van der Waals surface area (Å²) < 4.78 is 4.62. The number of aliphatic hydroxyl groups excluding tert-OH is 5. The number of esters is 1. The number of carbonyl (C=O) groups excluding carboxylic acids is 1. The van der Waals surface area contributed by atoms with E-state index in [1.807, 2.05) is 0 Å². The zero-order chi connectivity index (χ0) is 17.7. The molecule has 23 heavy (non-hydrogen) atoms. The predicted molar refractivity (Wildman–Crippen MR) is 72.8 cm³/mol. The fourth-order valence-electron chi connectivity index (χ4n) is 1.63. The smallest absolute Gasteiger partial charge is 0.338 e. The predicted octanol–water partition coefficient (Wildman–Crippen LogP) is -2.60. The summed E-state index contributed by atoms with van der Waals surface area (Å²) >= 11 is 0. The molecule has 0 spiro atoms. The molecule has 0 saturated carbocycles. The summed E-state index contributed by atoms with van der Waals surface area (Å²) in [5.74, 6) is -3.45. The summed E-state index contributed by atoms with van der Waals surface area (Å²) in [6, 6.07) is 1.62. The fourth-order valence-corrected chi connectivity index (χ4v) is 1.63. The monoisotopic (exact) mass is 334 g/mol. The first-order valence-electron chi connectivity index (χ1n) is 6.44.